The Balaban J connectivity index is 2.27. The molecule has 0 spiro atoms. The average molecular weight is 233 g/mol. The van der Waals surface area contributed by atoms with E-state index in [0.717, 1.165) is 38.2 Å². The van der Waals surface area contributed by atoms with Crippen molar-refractivity contribution in [2.75, 3.05) is 25.2 Å². The molecular formula is C11H23NO2S. The number of hydrogen-bond donors (Lipinski definition) is 1. The molecule has 0 radical (unpaired) electrons. The van der Waals surface area contributed by atoms with Gasteiger partial charge in [0.1, 0.15) is 0 Å². The summed E-state index contributed by atoms with van der Waals surface area (Å²) >= 11 is 0. The van der Waals surface area contributed by atoms with Gasteiger partial charge in [0.25, 0.3) is 0 Å². The molecule has 3 atom stereocenters. The summed E-state index contributed by atoms with van der Waals surface area (Å²) in [4.78, 5) is 0. The molecule has 1 N–H and O–H groups in total. The van der Waals surface area contributed by atoms with E-state index in [1.807, 2.05) is 0 Å². The molecule has 90 valence electrons. The summed E-state index contributed by atoms with van der Waals surface area (Å²) in [5, 5.41) is 3.47. The molecule has 1 heterocycles. The van der Waals surface area contributed by atoms with Crippen molar-refractivity contribution in [3.8, 4) is 0 Å². The van der Waals surface area contributed by atoms with E-state index in [0.29, 0.717) is 6.04 Å². The third kappa shape index (κ3) is 4.62. The van der Waals surface area contributed by atoms with Crippen LogP contribution in [0.3, 0.4) is 0 Å². The minimum absolute atomic E-state index is 0.0429. The first-order valence-corrected chi connectivity index (χ1v) is 7.46. The van der Waals surface area contributed by atoms with Crippen LogP contribution < -0.4 is 5.32 Å². The van der Waals surface area contributed by atoms with Crippen LogP contribution in [0.4, 0.5) is 0 Å². The summed E-state index contributed by atoms with van der Waals surface area (Å²) in [6.45, 7) is 6.05. The SMILES string of the molecule is CCC1(C)CC(NCCS(C)=O)CCO1. The van der Waals surface area contributed by atoms with E-state index in [-0.39, 0.29) is 5.60 Å². The molecule has 1 fully saturated rings. The van der Waals surface area contributed by atoms with Crippen LogP contribution in [-0.4, -0.2) is 41.0 Å². The van der Waals surface area contributed by atoms with Gasteiger partial charge in [-0.05, 0) is 26.2 Å². The molecule has 0 aromatic carbocycles. The van der Waals surface area contributed by atoms with Crippen LogP contribution in [0.1, 0.15) is 33.1 Å². The van der Waals surface area contributed by atoms with Crippen LogP contribution in [0.2, 0.25) is 0 Å². The Morgan fingerprint density at radius 1 is 1.60 bits per heavy atom. The monoisotopic (exact) mass is 233 g/mol. The third-order valence-corrected chi connectivity index (χ3v) is 3.94. The molecule has 1 aliphatic rings. The summed E-state index contributed by atoms with van der Waals surface area (Å²) in [6.07, 6.45) is 4.96. The van der Waals surface area contributed by atoms with Gasteiger partial charge in [0, 0.05) is 42.0 Å². The second-order valence-electron chi connectivity index (χ2n) is 4.57. The number of ether oxygens (including phenoxy) is 1. The predicted molar refractivity (Wildman–Crippen MR) is 64.6 cm³/mol. The van der Waals surface area contributed by atoms with Crippen LogP contribution in [-0.2, 0) is 15.5 Å². The van der Waals surface area contributed by atoms with Crippen molar-refractivity contribution >= 4 is 10.8 Å². The van der Waals surface area contributed by atoms with E-state index in [4.69, 9.17) is 4.74 Å². The topological polar surface area (TPSA) is 38.3 Å². The molecule has 0 aromatic rings. The summed E-state index contributed by atoms with van der Waals surface area (Å²) < 4.78 is 16.7. The Kier molecular flexibility index (Phi) is 5.23. The van der Waals surface area contributed by atoms with Gasteiger partial charge >= 0.3 is 0 Å². The van der Waals surface area contributed by atoms with Gasteiger partial charge in [-0.3, -0.25) is 4.21 Å². The van der Waals surface area contributed by atoms with Crippen LogP contribution in [0, 0.1) is 0 Å². The van der Waals surface area contributed by atoms with Gasteiger partial charge in [-0.2, -0.15) is 0 Å². The zero-order valence-electron chi connectivity index (χ0n) is 10.0. The van der Waals surface area contributed by atoms with Crippen LogP contribution in [0.15, 0.2) is 0 Å². The minimum Gasteiger partial charge on any atom is -0.375 e. The molecule has 1 aliphatic heterocycles. The fourth-order valence-electron chi connectivity index (χ4n) is 1.96. The molecule has 0 aromatic heterocycles. The maximum Gasteiger partial charge on any atom is 0.0666 e. The smallest absolute Gasteiger partial charge is 0.0666 e. The van der Waals surface area contributed by atoms with Crippen molar-refractivity contribution in [2.45, 2.75) is 44.8 Å². The lowest BCUT2D eigenvalue weighted by Crippen LogP contribution is -2.45. The standard InChI is InChI=1S/C11H23NO2S/c1-4-11(2)9-10(5-7-14-11)12-6-8-15(3)13/h10,12H,4-9H2,1-3H3. The highest BCUT2D eigenvalue weighted by atomic mass is 32.2. The summed E-state index contributed by atoms with van der Waals surface area (Å²) in [5.41, 5.74) is 0.0429. The van der Waals surface area contributed by atoms with E-state index in [1.165, 1.54) is 0 Å². The molecule has 1 rings (SSSR count). The number of rotatable bonds is 5. The second-order valence-corrected chi connectivity index (χ2v) is 6.13. The average Bonchev–Trinajstić information content (AvgIpc) is 2.17. The second kappa shape index (κ2) is 5.97. The summed E-state index contributed by atoms with van der Waals surface area (Å²) in [5.74, 6) is 0.750. The van der Waals surface area contributed by atoms with E-state index in [9.17, 15) is 4.21 Å². The maximum atomic E-state index is 10.9. The van der Waals surface area contributed by atoms with Gasteiger partial charge < -0.3 is 10.1 Å². The third-order valence-electron chi connectivity index (χ3n) is 3.17. The van der Waals surface area contributed by atoms with Crippen molar-refractivity contribution in [3.05, 3.63) is 0 Å². The molecule has 0 aliphatic carbocycles. The van der Waals surface area contributed by atoms with Crippen LogP contribution >= 0.6 is 0 Å². The van der Waals surface area contributed by atoms with E-state index in [1.54, 1.807) is 6.26 Å². The highest BCUT2D eigenvalue weighted by Gasteiger charge is 2.31. The normalized spacial score (nSPS) is 33.9. The molecule has 0 amide bonds. The lowest BCUT2D eigenvalue weighted by molar-refractivity contribution is -0.0776. The molecule has 1 saturated heterocycles. The Labute approximate surface area is 95.4 Å². The number of hydrogen-bond acceptors (Lipinski definition) is 3. The van der Waals surface area contributed by atoms with Gasteiger partial charge in [-0.25, -0.2) is 0 Å². The van der Waals surface area contributed by atoms with Gasteiger partial charge in [-0.1, -0.05) is 6.92 Å². The van der Waals surface area contributed by atoms with Crippen LogP contribution in [0.5, 0.6) is 0 Å². The van der Waals surface area contributed by atoms with Gasteiger partial charge in [0.05, 0.1) is 5.60 Å². The number of nitrogens with one attached hydrogen (secondary N) is 1. The zero-order valence-corrected chi connectivity index (χ0v) is 10.9. The first kappa shape index (κ1) is 13.1. The van der Waals surface area contributed by atoms with Crippen molar-refractivity contribution < 1.29 is 8.95 Å². The lowest BCUT2D eigenvalue weighted by Gasteiger charge is -2.38. The van der Waals surface area contributed by atoms with Crippen LogP contribution in [0.25, 0.3) is 0 Å². The zero-order chi connectivity index (χ0) is 11.3. The molecule has 0 saturated carbocycles. The summed E-state index contributed by atoms with van der Waals surface area (Å²) in [7, 11) is -0.685. The summed E-state index contributed by atoms with van der Waals surface area (Å²) in [6, 6.07) is 0.534. The van der Waals surface area contributed by atoms with Gasteiger partial charge in [-0.15, -0.1) is 0 Å². The first-order chi connectivity index (χ1) is 7.06. The fraction of sp³-hybridized carbons (Fsp3) is 1.00. The molecular weight excluding hydrogens is 210 g/mol. The fourth-order valence-corrected chi connectivity index (χ4v) is 2.36. The van der Waals surface area contributed by atoms with Crippen molar-refractivity contribution in [3.63, 3.8) is 0 Å². The highest BCUT2D eigenvalue weighted by Crippen LogP contribution is 2.27. The Morgan fingerprint density at radius 3 is 2.93 bits per heavy atom. The van der Waals surface area contributed by atoms with E-state index >= 15 is 0 Å². The van der Waals surface area contributed by atoms with Crippen molar-refractivity contribution in [1.82, 2.24) is 5.32 Å². The Hall–Kier alpha value is 0.0700. The maximum absolute atomic E-state index is 10.9. The first-order valence-electron chi connectivity index (χ1n) is 5.73. The van der Waals surface area contributed by atoms with Crippen molar-refractivity contribution in [1.29, 1.82) is 0 Å². The molecule has 0 bridgehead atoms. The van der Waals surface area contributed by atoms with Gasteiger partial charge in [0.2, 0.25) is 0 Å². The molecule has 3 unspecified atom stereocenters. The quantitative estimate of drug-likeness (QED) is 0.778. The van der Waals surface area contributed by atoms with E-state index < -0.39 is 10.8 Å². The highest BCUT2D eigenvalue weighted by molar-refractivity contribution is 7.84. The van der Waals surface area contributed by atoms with E-state index in [2.05, 4.69) is 19.2 Å². The predicted octanol–water partition coefficient (Wildman–Crippen LogP) is 1.30. The molecule has 15 heavy (non-hydrogen) atoms. The largest absolute Gasteiger partial charge is 0.375 e. The molecule has 4 heteroatoms. The lowest BCUT2D eigenvalue weighted by atomic mass is 9.90. The van der Waals surface area contributed by atoms with Crippen molar-refractivity contribution in [2.24, 2.45) is 0 Å². The minimum atomic E-state index is -0.685. The Morgan fingerprint density at radius 2 is 2.33 bits per heavy atom. The Bertz CT molecular complexity index is 223. The van der Waals surface area contributed by atoms with Gasteiger partial charge in [0.15, 0.2) is 0 Å². The molecule has 3 nitrogen and oxygen atoms in total.